The number of aromatic nitrogens is 5. The van der Waals surface area contributed by atoms with Gasteiger partial charge in [-0.15, -0.1) is 0 Å². The fraction of sp³-hybridized carbons (Fsp3) is 0.156. The van der Waals surface area contributed by atoms with Crippen LogP contribution in [0.4, 0.5) is 5.69 Å². The highest BCUT2D eigenvalue weighted by atomic mass is 16.2. The van der Waals surface area contributed by atoms with Crippen LogP contribution in [-0.4, -0.2) is 54.1 Å². The third kappa shape index (κ3) is 4.82. The number of rotatable bonds is 5. The minimum atomic E-state index is -0.240. The van der Waals surface area contributed by atoms with Crippen LogP contribution in [0.2, 0.25) is 0 Å². The van der Waals surface area contributed by atoms with Gasteiger partial charge in [-0.2, -0.15) is 0 Å². The molecular weight excluding hydrogens is 514 g/mol. The molecular formula is C32H27N7O2. The second-order valence-electron chi connectivity index (χ2n) is 10.3. The number of H-pyrrole nitrogens is 1. The zero-order valence-corrected chi connectivity index (χ0v) is 22.2. The average Bonchev–Trinajstić information content (AvgIpc) is 3.66. The maximum Gasteiger partial charge on any atom is 0.274 e. The Balaban J connectivity index is 0.954. The van der Waals surface area contributed by atoms with Crippen molar-refractivity contribution in [2.24, 2.45) is 0 Å². The van der Waals surface area contributed by atoms with Crippen LogP contribution >= 0.6 is 0 Å². The average molecular weight is 542 g/mol. The van der Waals surface area contributed by atoms with Crippen LogP contribution in [0.25, 0.3) is 28.2 Å². The minimum Gasteiger partial charge on any atom is -0.339 e. The van der Waals surface area contributed by atoms with E-state index in [2.05, 4.69) is 37.4 Å². The Morgan fingerprint density at radius 2 is 1.66 bits per heavy atom. The van der Waals surface area contributed by atoms with Gasteiger partial charge in [-0.25, -0.2) is 15.0 Å². The molecule has 1 saturated heterocycles. The molecule has 0 radical (unpaired) electrons. The largest absolute Gasteiger partial charge is 0.339 e. The number of carbonyl (C=O) groups excluding carboxylic acids is 2. The number of aromatic amines is 1. The van der Waals surface area contributed by atoms with Gasteiger partial charge in [0.05, 0.1) is 17.2 Å². The lowest BCUT2D eigenvalue weighted by atomic mass is 9.89. The molecule has 0 aliphatic carbocycles. The summed E-state index contributed by atoms with van der Waals surface area (Å²) in [6.45, 7) is 1.41. The molecule has 2 amide bonds. The van der Waals surface area contributed by atoms with Crippen molar-refractivity contribution >= 4 is 34.3 Å². The first-order valence-corrected chi connectivity index (χ1v) is 13.7. The zero-order chi connectivity index (χ0) is 27.8. The van der Waals surface area contributed by atoms with E-state index in [0.29, 0.717) is 36.0 Å². The molecule has 2 N–H and O–H groups in total. The van der Waals surface area contributed by atoms with E-state index in [1.807, 2.05) is 65.6 Å². The highest BCUT2D eigenvalue weighted by Crippen LogP contribution is 2.30. The molecule has 7 rings (SSSR count). The highest BCUT2D eigenvalue weighted by molar-refractivity contribution is 6.03. The van der Waals surface area contributed by atoms with E-state index in [0.717, 1.165) is 41.0 Å². The van der Waals surface area contributed by atoms with E-state index in [1.165, 1.54) is 11.8 Å². The first kappa shape index (κ1) is 24.7. The summed E-state index contributed by atoms with van der Waals surface area (Å²) in [6.07, 6.45) is 6.72. The molecule has 1 fully saturated rings. The standard InChI is InChI=1S/C32H27N7O2/c40-30(28-20-34-32-33-16-3-17-39(28)32)35-25-12-10-21(11-13-25)22-14-18-38(19-15-22)31(41)24-8-6-23(7-9-24)29-36-26-4-1-2-5-27(26)37-29/h1-13,16-17,20,22H,14-15,18-19H2,(H,35,40)(H,36,37). The predicted molar refractivity (Wildman–Crippen MR) is 157 cm³/mol. The van der Waals surface area contributed by atoms with Crippen molar-refractivity contribution in [2.45, 2.75) is 18.8 Å². The SMILES string of the molecule is O=C(Nc1ccc(C2CCN(C(=O)c3ccc(-c4nc5ccccc5[nH]4)cc3)CC2)cc1)c1cnc2ncccn12. The van der Waals surface area contributed by atoms with Gasteiger partial charge < -0.3 is 15.2 Å². The second-order valence-corrected chi connectivity index (χ2v) is 10.3. The molecule has 0 unspecified atom stereocenters. The van der Waals surface area contributed by atoms with Crippen molar-refractivity contribution in [3.05, 3.63) is 114 Å². The zero-order valence-electron chi connectivity index (χ0n) is 22.2. The van der Waals surface area contributed by atoms with Crippen molar-refractivity contribution in [3.63, 3.8) is 0 Å². The van der Waals surface area contributed by atoms with Crippen molar-refractivity contribution in [3.8, 4) is 11.4 Å². The fourth-order valence-electron chi connectivity index (χ4n) is 5.49. The number of para-hydroxylation sites is 2. The predicted octanol–water partition coefficient (Wildman–Crippen LogP) is 5.54. The number of nitrogens with one attached hydrogen (secondary N) is 2. The monoisotopic (exact) mass is 541 g/mol. The molecule has 3 aromatic heterocycles. The molecule has 0 atom stereocenters. The smallest absolute Gasteiger partial charge is 0.274 e. The van der Waals surface area contributed by atoms with Gasteiger partial charge in [-0.1, -0.05) is 36.4 Å². The Morgan fingerprint density at radius 3 is 2.44 bits per heavy atom. The van der Waals surface area contributed by atoms with Gasteiger partial charge in [0.2, 0.25) is 5.78 Å². The lowest BCUT2D eigenvalue weighted by molar-refractivity contribution is 0.0713. The van der Waals surface area contributed by atoms with Crippen LogP contribution in [-0.2, 0) is 0 Å². The normalized spacial score (nSPS) is 14.0. The molecule has 0 saturated carbocycles. The van der Waals surface area contributed by atoms with Crippen LogP contribution in [0.5, 0.6) is 0 Å². The molecule has 6 aromatic rings. The molecule has 1 aliphatic heterocycles. The van der Waals surface area contributed by atoms with E-state index in [4.69, 9.17) is 0 Å². The van der Waals surface area contributed by atoms with Crippen molar-refractivity contribution in [2.75, 3.05) is 18.4 Å². The van der Waals surface area contributed by atoms with Gasteiger partial charge >= 0.3 is 0 Å². The number of anilines is 1. The topological polar surface area (TPSA) is 108 Å². The number of hydrogen-bond donors (Lipinski definition) is 2. The summed E-state index contributed by atoms with van der Waals surface area (Å²) >= 11 is 0. The molecule has 202 valence electrons. The van der Waals surface area contributed by atoms with E-state index >= 15 is 0 Å². The molecule has 0 spiro atoms. The van der Waals surface area contributed by atoms with Crippen molar-refractivity contribution < 1.29 is 9.59 Å². The maximum absolute atomic E-state index is 13.2. The molecule has 9 nitrogen and oxygen atoms in total. The Bertz CT molecular complexity index is 1830. The maximum atomic E-state index is 13.2. The van der Waals surface area contributed by atoms with Gasteiger partial charge in [0, 0.05) is 42.3 Å². The highest BCUT2D eigenvalue weighted by Gasteiger charge is 2.25. The third-order valence-electron chi connectivity index (χ3n) is 7.74. The Labute approximate surface area is 235 Å². The summed E-state index contributed by atoms with van der Waals surface area (Å²) in [5.41, 5.74) is 5.91. The van der Waals surface area contributed by atoms with Crippen molar-refractivity contribution in [1.82, 2.24) is 29.2 Å². The van der Waals surface area contributed by atoms with E-state index < -0.39 is 0 Å². The number of hydrogen-bond acceptors (Lipinski definition) is 5. The van der Waals surface area contributed by atoms with E-state index in [1.54, 1.807) is 22.9 Å². The number of benzene rings is 3. The number of carbonyl (C=O) groups is 2. The van der Waals surface area contributed by atoms with Crippen LogP contribution in [0.1, 0.15) is 45.2 Å². The quantitative estimate of drug-likeness (QED) is 0.298. The number of nitrogens with zero attached hydrogens (tertiary/aromatic N) is 5. The summed E-state index contributed by atoms with van der Waals surface area (Å²) < 4.78 is 1.66. The van der Waals surface area contributed by atoms with Gasteiger partial charge in [0.15, 0.2) is 0 Å². The number of imidazole rings is 2. The summed E-state index contributed by atoms with van der Waals surface area (Å²) in [5.74, 6) is 1.46. The summed E-state index contributed by atoms with van der Waals surface area (Å²) in [5, 5.41) is 2.94. The fourth-order valence-corrected chi connectivity index (χ4v) is 5.49. The Hall–Kier alpha value is -5.31. The number of fused-ring (bicyclic) bond motifs is 2. The van der Waals surface area contributed by atoms with Crippen LogP contribution < -0.4 is 5.32 Å². The Kier molecular flexibility index (Phi) is 6.24. The molecule has 9 heteroatoms. The lowest BCUT2D eigenvalue weighted by Gasteiger charge is -2.32. The molecule has 1 aliphatic rings. The van der Waals surface area contributed by atoms with Crippen molar-refractivity contribution in [1.29, 1.82) is 0 Å². The number of piperidine rings is 1. The molecule has 41 heavy (non-hydrogen) atoms. The summed E-state index contributed by atoms with van der Waals surface area (Å²) in [6, 6.07) is 25.3. The Morgan fingerprint density at radius 1 is 0.878 bits per heavy atom. The minimum absolute atomic E-state index is 0.0558. The van der Waals surface area contributed by atoms with Crippen LogP contribution in [0.3, 0.4) is 0 Å². The van der Waals surface area contributed by atoms with Gasteiger partial charge in [-0.05, 0) is 66.8 Å². The third-order valence-corrected chi connectivity index (χ3v) is 7.74. The van der Waals surface area contributed by atoms with Gasteiger partial charge in [-0.3, -0.25) is 14.0 Å². The first-order valence-electron chi connectivity index (χ1n) is 13.7. The van der Waals surface area contributed by atoms with E-state index in [9.17, 15) is 9.59 Å². The van der Waals surface area contributed by atoms with Gasteiger partial charge in [0.1, 0.15) is 11.5 Å². The van der Waals surface area contributed by atoms with Crippen LogP contribution in [0, 0.1) is 0 Å². The summed E-state index contributed by atoms with van der Waals surface area (Å²) in [7, 11) is 0. The van der Waals surface area contributed by atoms with E-state index in [-0.39, 0.29) is 11.8 Å². The molecule has 3 aromatic carbocycles. The van der Waals surface area contributed by atoms with Crippen LogP contribution in [0.15, 0.2) is 97.5 Å². The molecule has 4 heterocycles. The second kappa shape index (κ2) is 10.3. The summed E-state index contributed by atoms with van der Waals surface area (Å²) in [4.78, 5) is 44.2. The lowest BCUT2D eigenvalue weighted by Crippen LogP contribution is -2.37. The van der Waals surface area contributed by atoms with Gasteiger partial charge in [0.25, 0.3) is 11.8 Å². The number of amides is 2. The number of likely N-dealkylation sites (tertiary alicyclic amines) is 1. The first-order chi connectivity index (χ1) is 20.1. The molecule has 0 bridgehead atoms.